The van der Waals surface area contributed by atoms with Gasteiger partial charge >= 0.3 is 5.97 Å². The summed E-state index contributed by atoms with van der Waals surface area (Å²) in [5.41, 5.74) is 1.97. The molecule has 0 bridgehead atoms. The number of carboxylic acid groups (broad SMARTS) is 1. The van der Waals surface area contributed by atoms with Crippen molar-refractivity contribution in [3.8, 4) is 0 Å². The zero-order valence-electron chi connectivity index (χ0n) is 12.5. The van der Waals surface area contributed by atoms with Gasteiger partial charge in [0.05, 0.1) is 12.5 Å². The lowest BCUT2D eigenvalue weighted by Gasteiger charge is -2.15. The average Bonchev–Trinajstić information content (AvgIpc) is 2.79. The second kappa shape index (κ2) is 6.72. The van der Waals surface area contributed by atoms with Gasteiger partial charge in [-0.05, 0) is 30.0 Å². The van der Waals surface area contributed by atoms with Crippen LogP contribution in [0.4, 0.5) is 5.69 Å². The van der Waals surface area contributed by atoms with Crippen molar-refractivity contribution in [1.82, 2.24) is 4.90 Å². The summed E-state index contributed by atoms with van der Waals surface area (Å²) in [4.78, 5) is 25.0. The Bertz CT molecular complexity index is 530. The first-order chi connectivity index (χ1) is 9.99. The Hall–Kier alpha value is -1.88. The first-order valence-corrected chi connectivity index (χ1v) is 7.33. The number of hydrogen-bond donors (Lipinski definition) is 2. The normalized spacial score (nSPS) is 22.2. The van der Waals surface area contributed by atoms with Crippen LogP contribution >= 0.6 is 0 Å². The summed E-state index contributed by atoms with van der Waals surface area (Å²) in [6.45, 7) is 5.32. The van der Waals surface area contributed by atoms with E-state index in [2.05, 4.69) is 12.2 Å². The Morgan fingerprint density at radius 1 is 1.38 bits per heavy atom. The number of carboxylic acids is 1. The van der Waals surface area contributed by atoms with Gasteiger partial charge in [0.1, 0.15) is 0 Å². The van der Waals surface area contributed by atoms with Gasteiger partial charge in [-0.2, -0.15) is 0 Å². The van der Waals surface area contributed by atoms with Gasteiger partial charge in [0.2, 0.25) is 5.91 Å². The van der Waals surface area contributed by atoms with Gasteiger partial charge in [-0.1, -0.05) is 26.0 Å². The molecule has 1 saturated heterocycles. The van der Waals surface area contributed by atoms with E-state index in [1.807, 2.05) is 36.1 Å². The molecular formula is C16H22N2O3. The smallest absolute Gasteiger partial charge is 0.308 e. The van der Waals surface area contributed by atoms with Crippen LogP contribution < -0.4 is 5.32 Å². The van der Waals surface area contributed by atoms with E-state index in [1.54, 1.807) is 0 Å². The molecule has 1 aromatic carbocycles. The Kier molecular flexibility index (Phi) is 4.96. The largest absolute Gasteiger partial charge is 0.481 e. The van der Waals surface area contributed by atoms with E-state index in [9.17, 15) is 9.59 Å². The molecule has 1 aliphatic rings. The van der Waals surface area contributed by atoms with Crippen molar-refractivity contribution in [3.63, 3.8) is 0 Å². The predicted molar refractivity (Wildman–Crippen MR) is 81.2 cm³/mol. The topological polar surface area (TPSA) is 69.6 Å². The number of nitrogens with zero attached hydrogens (tertiary/aromatic N) is 1. The van der Waals surface area contributed by atoms with Crippen LogP contribution in [0.2, 0.25) is 0 Å². The number of hydrogen-bond acceptors (Lipinski definition) is 3. The maximum atomic E-state index is 12.1. The minimum absolute atomic E-state index is 0.0821. The SMILES string of the molecule is CCc1cccc(NC(=O)CN2CC(C)C(C(=O)O)C2)c1. The monoisotopic (exact) mass is 290 g/mol. The summed E-state index contributed by atoms with van der Waals surface area (Å²) < 4.78 is 0. The molecule has 1 fully saturated rings. The van der Waals surface area contributed by atoms with Crippen molar-refractivity contribution in [3.05, 3.63) is 29.8 Å². The molecule has 1 aromatic rings. The van der Waals surface area contributed by atoms with Gasteiger partial charge in [-0.25, -0.2) is 0 Å². The number of carbonyl (C=O) groups excluding carboxylic acids is 1. The van der Waals surface area contributed by atoms with Gasteiger partial charge in [-0.15, -0.1) is 0 Å². The standard InChI is InChI=1S/C16H22N2O3/c1-3-12-5-4-6-13(7-12)17-15(19)10-18-8-11(2)14(9-18)16(20)21/h4-7,11,14H,3,8-10H2,1-2H3,(H,17,19)(H,20,21). The molecule has 1 heterocycles. The second-order valence-corrected chi connectivity index (χ2v) is 5.72. The van der Waals surface area contributed by atoms with Crippen LogP contribution in [-0.4, -0.2) is 41.5 Å². The minimum atomic E-state index is -0.777. The van der Waals surface area contributed by atoms with Crippen LogP contribution in [-0.2, 0) is 16.0 Å². The summed E-state index contributed by atoms with van der Waals surface area (Å²) in [6, 6.07) is 7.77. The first-order valence-electron chi connectivity index (χ1n) is 7.33. The molecular weight excluding hydrogens is 268 g/mol. The fourth-order valence-electron chi connectivity index (χ4n) is 2.79. The van der Waals surface area contributed by atoms with Crippen LogP contribution in [0.5, 0.6) is 0 Å². The fourth-order valence-corrected chi connectivity index (χ4v) is 2.79. The lowest BCUT2D eigenvalue weighted by Crippen LogP contribution is -2.32. The molecule has 1 aliphatic heterocycles. The number of amides is 1. The van der Waals surface area contributed by atoms with Gasteiger partial charge in [0.15, 0.2) is 0 Å². The fraction of sp³-hybridized carbons (Fsp3) is 0.500. The Balaban J connectivity index is 1.89. The Morgan fingerprint density at radius 3 is 2.76 bits per heavy atom. The number of aliphatic carboxylic acids is 1. The maximum absolute atomic E-state index is 12.1. The van der Waals surface area contributed by atoms with Crippen LogP contribution in [0.15, 0.2) is 24.3 Å². The number of benzene rings is 1. The summed E-state index contributed by atoms with van der Waals surface area (Å²) in [6.07, 6.45) is 0.924. The third-order valence-electron chi connectivity index (χ3n) is 3.99. The Labute approximate surface area is 125 Å². The lowest BCUT2D eigenvalue weighted by atomic mass is 9.99. The molecule has 2 N–H and O–H groups in total. The lowest BCUT2D eigenvalue weighted by molar-refractivity contribution is -0.142. The van der Waals surface area contributed by atoms with Crippen molar-refractivity contribution in [2.75, 3.05) is 25.0 Å². The van der Waals surface area contributed by atoms with Crippen molar-refractivity contribution in [1.29, 1.82) is 0 Å². The van der Waals surface area contributed by atoms with Crippen LogP contribution in [0.3, 0.4) is 0 Å². The van der Waals surface area contributed by atoms with E-state index >= 15 is 0 Å². The van der Waals surface area contributed by atoms with E-state index in [1.165, 1.54) is 5.56 Å². The molecule has 0 radical (unpaired) electrons. The molecule has 5 heteroatoms. The third-order valence-corrected chi connectivity index (χ3v) is 3.99. The quantitative estimate of drug-likeness (QED) is 0.868. The minimum Gasteiger partial charge on any atom is -0.481 e. The molecule has 2 unspecified atom stereocenters. The highest BCUT2D eigenvalue weighted by atomic mass is 16.4. The molecule has 5 nitrogen and oxygen atoms in total. The molecule has 114 valence electrons. The highest BCUT2D eigenvalue weighted by molar-refractivity contribution is 5.92. The average molecular weight is 290 g/mol. The zero-order valence-corrected chi connectivity index (χ0v) is 12.5. The molecule has 0 aliphatic carbocycles. The number of likely N-dealkylation sites (tertiary alicyclic amines) is 1. The van der Waals surface area contributed by atoms with Crippen LogP contribution in [0.25, 0.3) is 0 Å². The predicted octanol–water partition coefficient (Wildman–Crippen LogP) is 1.84. The molecule has 1 amide bonds. The van der Waals surface area contributed by atoms with Gasteiger partial charge in [0.25, 0.3) is 0 Å². The number of rotatable bonds is 5. The van der Waals surface area contributed by atoms with Gasteiger partial charge < -0.3 is 10.4 Å². The molecule has 0 aromatic heterocycles. The highest BCUT2D eigenvalue weighted by Crippen LogP contribution is 2.22. The molecule has 0 spiro atoms. The van der Waals surface area contributed by atoms with Gasteiger partial charge in [0, 0.05) is 18.8 Å². The molecule has 0 saturated carbocycles. The van der Waals surface area contributed by atoms with Crippen LogP contribution in [0, 0.1) is 11.8 Å². The van der Waals surface area contributed by atoms with Crippen molar-refractivity contribution < 1.29 is 14.7 Å². The number of anilines is 1. The molecule has 2 rings (SSSR count). The van der Waals surface area contributed by atoms with Crippen molar-refractivity contribution in [2.45, 2.75) is 20.3 Å². The number of aryl methyl sites for hydroxylation is 1. The first kappa shape index (κ1) is 15.5. The highest BCUT2D eigenvalue weighted by Gasteiger charge is 2.35. The van der Waals surface area contributed by atoms with Crippen molar-refractivity contribution in [2.24, 2.45) is 11.8 Å². The van der Waals surface area contributed by atoms with E-state index in [4.69, 9.17) is 5.11 Å². The van der Waals surface area contributed by atoms with Gasteiger partial charge in [-0.3, -0.25) is 14.5 Å². The summed E-state index contributed by atoms with van der Waals surface area (Å²) in [5.74, 6) is -1.16. The van der Waals surface area contributed by atoms with Crippen LogP contribution in [0.1, 0.15) is 19.4 Å². The summed E-state index contributed by atoms with van der Waals surface area (Å²) in [7, 11) is 0. The molecule has 2 atom stereocenters. The van der Waals surface area contributed by atoms with Crippen molar-refractivity contribution >= 4 is 17.6 Å². The third kappa shape index (κ3) is 4.04. The van der Waals surface area contributed by atoms with E-state index in [0.717, 1.165) is 12.1 Å². The molecule has 21 heavy (non-hydrogen) atoms. The summed E-state index contributed by atoms with van der Waals surface area (Å²) in [5, 5.41) is 12.0. The second-order valence-electron chi connectivity index (χ2n) is 5.72. The van der Waals surface area contributed by atoms with E-state index < -0.39 is 5.97 Å². The zero-order chi connectivity index (χ0) is 15.4. The Morgan fingerprint density at radius 2 is 2.14 bits per heavy atom. The number of nitrogens with one attached hydrogen (secondary N) is 1. The van der Waals surface area contributed by atoms with E-state index in [0.29, 0.717) is 13.1 Å². The van der Waals surface area contributed by atoms with E-state index in [-0.39, 0.29) is 24.3 Å². The summed E-state index contributed by atoms with van der Waals surface area (Å²) >= 11 is 0. The maximum Gasteiger partial charge on any atom is 0.308 e. The number of carbonyl (C=O) groups is 2.